The average molecular weight is 1430 g/mol. The molecular weight excluding hydrogens is 1290 g/mol. The summed E-state index contributed by atoms with van der Waals surface area (Å²) in [5.74, 6) is -0.258. The third-order valence-corrected chi connectivity index (χ3v) is 19.4. The van der Waals surface area contributed by atoms with Crippen molar-refractivity contribution >= 4 is 5.91 Å². The van der Waals surface area contributed by atoms with E-state index < -0.39 is 124 Å². The van der Waals surface area contributed by atoms with Gasteiger partial charge in [-0.1, -0.05) is 297 Å². The zero-order valence-electron chi connectivity index (χ0n) is 62.4. The van der Waals surface area contributed by atoms with Crippen LogP contribution in [0.1, 0.15) is 284 Å². The van der Waals surface area contributed by atoms with Crippen molar-refractivity contribution in [3.63, 3.8) is 0 Å². The van der Waals surface area contributed by atoms with E-state index in [2.05, 4.69) is 116 Å². The number of allylic oxidation sites excluding steroid dienone is 16. The quantitative estimate of drug-likeness (QED) is 0.0199. The number of rotatable bonds is 62. The van der Waals surface area contributed by atoms with Gasteiger partial charge in [-0.15, -0.1) is 0 Å². The highest BCUT2D eigenvalue weighted by atomic mass is 16.8. The first-order valence-corrected chi connectivity index (χ1v) is 40.0. The number of hydrogen-bond donors (Lipinski definition) is 12. The number of carbonyl (C=O) groups is 1. The first kappa shape index (κ1) is 91.9. The Labute approximate surface area is 609 Å². The third kappa shape index (κ3) is 42.0. The van der Waals surface area contributed by atoms with Crippen LogP contribution < -0.4 is 5.32 Å². The van der Waals surface area contributed by atoms with E-state index in [4.69, 9.17) is 28.4 Å². The molecular formula is C82H143NO18. The SMILES string of the molecule is CC/C=C\C/C=C\C/C=C\C/C=C\C/C=C\C/C=C\C/C=C\C/C=C\CCCCCCCCC(=O)NC(COC1OC(CO)C(OC2OC(CO)C(OC3OC(CO)C(O)C(O)C3O)C(O)C2O)C(O)C1O)C(O)CCCCCCCCCCCCCCCCCCCCCCCCCCC. The number of carbonyl (C=O) groups excluding carboxylic acids is 1. The molecule has 0 spiro atoms. The maximum absolute atomic E-state index is 13.5. The predicted molar refractivity (Wildman–Crippen MR) is 401 cm³/mol. The maximum atomic E-state index is 13.5. The summed E-state index contributed by atoms with van der Waals surface area (Å²) in [4.78, 5) is 13.5. The lowest BCUT2D eigenvalue weighted by atomic mass is 9.96. The first-order chi connectivity index (χ1) is 49.3. The van der Waals surface area contributed by atoms with Crippen molar-refractivity contribution in [3.8, 4) is 0 Å². The van der Waals surface area contributed by atoms with Gasteiger partial charge in [-0.05, 0) is 77.0 Å². The van der Waals surface area contributed by atoms with Crippen molar-refractivity contribution in [1.29, 1.82) is 0 Å². The molecule has 0 saturated carbocycles. The minimum atomic E-state index is -1.98. The predicted octanol–water partition coefficient (Wildman–Crippen LogP) is 13.2. The highest BCUT2D eigenvalue weighted by Crippen LogP contribution is 2.33. The average Bonchev–Trinajstić information content (AvgIpc) is 0.792. The molecule has 0 radical (unpaired) electrons. The fourth-order valence-electron chi connectivity index (χ4n) is 13.0. The summed E-state index contributed by atoms with van der Waals surface area (Å²) in [5.41, 5.74) is 0. The van der Waals surface area contributed by atoms with Gasteiger partial charge in [-0.3, -0.25) is 4.79 Å². The number of unbranched alkanes of at least 4 members (excludes halogenated alkanes) is 30. The summed E-state index contributed by atoms with van der Waals surface area (Å²) in [5, 5.41) is 121. The zero-order valence-corrected chi connectivity index (χ0v) is 62.4. The Morgan fingerprint density at radius 1 is 0.366 bits per heavy atom. The summed E-state index contributed by atoms with van der Waals surface area (Å²) in [6.45, 7) is 1.70. The molecule has 3 rings (SSSR count). The topological polar surface area (TPSA) is 307 Å². The molecule has 0 aliphatic carbocycles. The lowest BCUT2D eigenvalue weighted by Crippen LogP contribution is -2.66. The minimum absolute atomic E-state index is 0.244. The van der Waals surface area contributed by atoms with Crippen LogP contribution in [0.25, 0.3) is 0 Å². The van der Waals surface area contributed by atoms with Crippen molar-refractivity contribution in [3.05, 3.63) is 97.2 Å². The Morgan fingerprint density at radius 2 is 0.683 bits per heavy atom. The largest absolute Gasteiger partial charge is 0.394 e. The second-order valence-electron chi connectivity index (χ2n) is 28.2. The molecule has 101 heavy (non-hydrogen) atoms. The van der Waals surface area contributed by atoms with Crippen molar-refractivity contribution in [2.24, 2.45) is 0 Å². The van der Waals surface area contributed by atoms with E-state index in [1.54, 1.807) is 0 Å². The van der Waals surface area contributed by atoms with Crippen LogP contribution >= 0.6 is 0 Å². The molecule has 17 unspecified atom stereocenters. The minimum Gasteiger partial charge on any atom is -0.394 e. The number of hydrogen-bond acceptors (Lipinski definition) is 18. The fraction of sp³-hybridized carbons (Fsp3) is 0.793. The van der Waals surface area contributed by atoms with Crippen LogP contribution in [0, 0.1) is 0 Å². The fourth-order valence-corrected chi connectivity index (χ4v) is 13.0. The van der Waals surface area contributed by atoms with Crippen LogP contribution in [-0.4, -0.2) is 193 Å². The molecule has 3 fully saturated rings. The Bertz CT molecular complexity index is 2200. The number of ether oxygens (including phenoxy) is 6. The van der Waals surface area contributed by atoms with Gasteiger partial charge in [-0.2, -0.15) is 0 Å². The molecule has 3 aliphatic rings. The summed E-state index contributed by atoms with van der Waals surface area (Å²) in [6, 6.07) is -0.904. The van der Waals surface area contributed by atoms with Crippen molar-refractivity contribution in [2.75, 3.05) is 26.4 Å². The van der Waals surface area contributed by atoms with Crippen LogP contribution in [0.2, 0.25) is 0 Å². The lowest BCUT2D eigenvalue weighted by molar-refractivity contribution is -0.379. The molecule has 3 heterocycles. The monoisotopic (exact) mass is 1430 g/mol. The van der Waals surface area contributed by atoms with Gasteiger partial charge >= 0.3 is 0 Å². The number of aliphatic hydroxyl groups is 11. The molecule has 19 nitrogen and oxygen atoms in total. The summed E-state index contributed by atoms with van der Waals surface area (Å²) in [6.07, 6.45) is 56.2. The molecule has 3 aliphatic heterocycles. The van der Waals surface area contributed by atoms with Gasteiger partial charge in [-0.25, -0.2) is 0 Å². The van der Waals surface area contributed by atoms with Crippen molar-refractivity contribution in [1.82, 2.24) is 5.32 Å². The van der Waals surface area contributed by atoms with Crippen LogP contribution in [-0.2, 0) is 33.2 Å². The van der Waals surface area contributed by atoms with Gasteiger partial charge in [0.2, 0.25) is 5.91 Å². The van der Waals surface area contributed by atoms with Crippen molar-refractivity contribution < 1.29 is 89.4 Å². The van der Waals surface area contributed by atoms with Crippen LogP contribution in [0.5, 0.6) is 0 Å². The van der Waals surface area contributed by atoms with Crippen LogP contribution in [0.4, 0.5) is 0 Å². The van der Waals surface area contributed by atoms with E-state index in [0.717, 1.165) is 116 Å². The molecule has 12 N–H and O–H groups in total. The molecule has 584 valence electrons. The third-order valence-electron chi connectivity index (χ3n) is 19.4. The Kier molecular flexibility index (Phi) is 56.3. The molecule has 0 bridgehead atoms. The highest BCUT2D eigenvalue weighted by molar-refractivity contribution is 5.76. The Hall–Kier alpha value is -3.29. The second kappa shape index (κ2) is 61.8. The van der Waals surface area contributed by atoms with Gasteiger partial charge in [0, 0.05) is 6.42 Å². The lowest BCUT2D eigenvalue weighted by Gasteiger charge is -2.48. The van der Waals surface area contributed by atoms with Gasteiger partial charge in [0.25, 0.3) is 0 Å². The summed E-state index contributed by atoms with van der Waals surface area (Å²) in [7, 11) is 0. The smallest absolute Gasteiger partial charge is 0.220 e. The van der Waals surface area contributed by atoms with Crippen LogP contribution in [0.15, 0.2) is 97.2 Å². The molecule has 0 aromatic heterocycles. The van der Waals surface area contributed by atoms with E-state index in [9.17, 15) is 61.0 Å². The van der Waals surface area contributed by atoms with Crippen LogP contribution in [0.3, 0.4) is 0 Å². The molecule has 19 heteroatoms. The Morgan fingerprint density at radius 3 is 1.07 bits per heavy atom. The van der Waals surface area contributed by atoms with Gasteiger partial charge in [0.1, 0.15) is 73.2 Å². The Balaban J connectivity index is 1.39. The first-order valence-electron chi connectivity index (χ1n) is 40.0. The zero-order chi connectivity index (χ0) is 73.2. The van der Waals surface area contributed by atoms with E-state index in [0.29, 0.717) is 12.8 Å². The van der Waals surface area contributed by atoms with Gasteiger partial charge < -0.3 is 89.9 Å². The number of nitrogens with one attached hydrogen (secondary N) is 1. The maximum Gasteiger partial charge on any atom is 0.220 e. The standard InChI is InChI=1S/C82H143NO18/c1-3-5-7-9-11-13-15-17-19-21-23-25-27-29-30-31-32-33-34-36-38-40-42-44-46-48-50-52-54-56-58-60-70(88)83-65(66(87)59-57-55-53-51-49-47-45-43-41-39-37-35-28-26-24-22-20-18-16-14-12-10-8-6-4-2)64-96-80-76(94)73(91)78(68(62-85)98-80)101-82-77(95)74(92)79(69(63-86)99-82)100-81-75(93)72(90)71(89)67(61-84)97-81/h5,7,11,13,17,19,23,25,29-30,32-33,36,38,42,44,65-69,71-82,84-87,89-95H,3-4,6,8-10,12,14-16,18,20-22,24,26-28,31,34-35,37,39-41,43,45-64H2,1-2H3,(H,83,88)/b7-5-,13-11-,19-17-,25-23-,30-29-,33-32-,38-36-,44-42-. The second-order valence-corrected chi connectivity index (χ2v) is 28.2. The molecule has 17 atom stereocenters. The normalized spacial score (nSPS) is 26.8. The van der Waals surface area contributed by atoms with E-state index in [-0.39, 0.29) is 18.9 Å². The van der Waals surface area contributed by atoms with E-state index in [1.165, 1.54) is 135 Å². The van der Waals surface area contributed by atoms with E-state index in [1.807, 2.05) is 0 Å². The number of aliphatic hydroxyl groups excluding tert-OH is 11. The number of amides is 1. The summed E-state index contributed by atoms with van der Waals surface area (Å²) >= 11 is 0. The van der Waals surface area contributed by atoms with Gasteiger partial charge in [0.15, 0.2) is 18.9 Å². The molecule has 0 aromatic carbocycles. The van der Waals surface area contributed by atoms with Crippen molar-refractivity contribution in [2.45, 2.75) is 388 Å². The highest BCUT2D eigenvalue weighted by Gasteiger charge is 2.54. The van der Waals surface area contributed by atoms with Gasteiger partial charge in [0.05, 0.1) is 38.6 Å². The van der Waals surface area contributed by atoms with E-state index >= 15 is 0 Å². The molecule has 0 aromatic rings. The molecule has 1 amide bonds. The molecule has 3 saturated heterocycles. The summed E-state index contributed by atoms with van der Waals surface area (Å²) < 4.78 is 34.5.